The van der Waals surface area contributed by atoms with Crippen LogP contribution in [0.4, 0.5) is 0 Å². The Balaban J connectivity index is 1.53. The van der Waals surface area contributed by atoms with Gasteiger partial charge in [-0.2, -0.15) is 0 Å². The van der Waals surface area contributed by atoms with E-state index in [-0.39, 0.29) is 16.9 Å². The number of allylic oxidation sites excluding steroid dienone is 1. The molecule has 4 fully saturated rings. The molecule has 0 aliphatic heterocycles. The van der Waals surface area contributed by atoms with Crippen molar-refractivity contribution >= 4 is 11.9 Å². The standard InChI is InChI=1S/C28H32O4/c1-17-4-6-24(29)22(8-17)25(30)7-5-21-12-23(27(32-3)13-26(21)31-2)28-14-18-9-19(15-28)11-20(10-18)16-28/h4-8,12-13,18-20,29H,9-11,14-16H2,1-3H3/b7-5+. The van der Waals surface area contributed by atoms with E-state index in [2.05, 4.69) is 6.07 Å². The molecule has 1 N–H and O–H groups in total. The molecule has 2 aromatic carbocycles. The quantitative estimate of drug-likeness (QED) is 0.444. The molecule has 4 heteroatoms. The van der Waals surface area contributed by atoms with E-state index >= 15 is 0 Å². The van der Waals surface area contributed by atoms with Gasteiger partial charge in [-0.25, -0.2) is 0 Å². The molecule has 168 valence electrons. The van der Waals surface area contributed by atoms with Crippen molar-refractivity contribution in [2.45, 2.75) is 50.9 Å². The van der Waals surface area contributed by atoms with Crippen molar-refractivity contribution in [2.24, 2.45) is 17.8 Å². The van der Waals surface area contributed by atoms with Crippen LogP contribution < -0.4 is 9.47 Å². The molecule has 0 amide bonds. The maximum Gasteiger partial charge on any atom is 0.189 e. The number of carbonyl (C=O) groups excluding carboxylic acids is 1. The van der Waals surface area contributed by atoms with E-state index in [1.165, 1.54) is 50.2 Å². The second kappa shape index (κ2) is 7.99. The zero-order valence-corrected chi connectivity index (χ0v) is 19.2. The summed E-state index contributed by atoms with van der Waals surface area (Å²) in [5.41, 5.74) is 3.57. The van der Waals surface area contributed by atoms with Crippen molar-refractivity contribution in [2.75, 3.05) is 14.2 Å². The summed E-state index contributed by atoms with van der Waals surface area (Å²) in [4.78, 5) is 12.8. The fourth-order valence-electron chi connectivity index (χ4n) is 7.01. The summed E-state index contributed by atoms with van der Waals surface area (Å²) in [6.07, 6.45) is 11.2. The largest absolute Gasteiger partial charge is 0.507 e. The molecule has 6 rings (SSSR count). The molecule has 0 spiro atoms. The number of carbonyl (C=O) groups is 1. The number of ketones is 1. The van der Waals surface area contributed by atoms with Crippen LogP contribution in [0.15, 0.2) is 36.4 Å². The molecule has 4 saturated carbocycles. The van der Waals surface area contributed by atoms with Crippen molar-refractivity contribution < 1.29 is 19.4 Å². The van der Waals surface area contributed by atoms with Gasteiger partial charge in [-0.05, 0) is 99.0 Å². The van der Waals surface area contributed by atoms with E-state index in [1.807, 2.05) is 19.1 Å². The second-order valence-electron chi connectivity index (χ2n) is 10.2. The molecule has 4 bridgehead atoms. The van der Waals surface area contributed by atoms with E-state index in [1.54, 1.807) is 32.4 Å². The molecule has 4 aliphatic carbocycles. The Labute approximate surface area is 190 Å². The Hall–Kier alpha value is -2.75. The van der Waals surface area contributed by atoms with Gasteiger partial charge in [-0.1, -0.05) is 11.6 Å². The first-order valence-electron chi connectivity index (χ1n) is 11.7. The first-order valence-corrected chi connectivity index (χ1v) is 11.7. The molecule has 0 saturated heterocycles. The van der Waals surface area contributed by atoms with Crippen LogP contribution in [0, 0.1) is 24.7 Å². The number of ether oxygens (including phenoxy) is 2. The Morgan fingerprint density at radius 1 is 0.969 bits per heavy atom. The first-order chi connectivity index (χ1) is 15.4. The zero-order valence-electron chi connectivity index (χ0n) is 19.2. The van der Waals surface area contributed by atoms with Crippen molar-refractivity contribution in [3.05, 3.63) is 58.7 Å². The SMILES string of the molecule is COc1cc(OC)c(C23CC4CC(CC(C4)C2)C3)cc1/C=C/C(=O)c1cc(C)ccc1O. The predicted octanol–water partition coefficient (Wildman–Crippen LogP) is 6.08. The van der Waals surface area contributed by atoms with Crippen LogP contribution in [0.5, 0.6) is 17.2 Å². The highest BCUT2D eigenvalue weighted by atomic mass is 16.5. The second-order valence-corrected chi connectivity index (χ2v) is 10.2. The van der Waals surface area contributed by atoms with E-state index in [9.17, 15) is 9.90 Å². The summed E-state index contributed by atoms with van der Waals surface area (Å²) in [5.74, 6) is 3.85. The molecule has 2 aromatic rings. The molecule has 0 heterocycles. The number of hydrogen-bond acceptors (Lipinski definition) is 4. The summed E-state index contributed by atoms with van der Waals surface area (Å²) < 4.78 is 11.5. The fraction of sp³-hybridized carbons (Fsp3) is 0.464. The number of rotatable bonds is 6. The van der Waals surface area contributed by atoms with Gasteiger partial charge < -0.3 is 14.6 Å². The molecule has 0 atom stereocenters. The van der Waals surface area contributed by atoms with E-state index in [4.69, 9.17) is 9.47 Å². The molecule has 4 nitrogen and oxygen atoms in total. The third kappa shape index (κ3) is 3.60. The number of aryl methyl sites for hydroxylation is 1. The smallest absolute Gasteiger partial charge is 0.189 e. The van der Waals surface area contributed by atoms with E-state index < -0.39 is 0 Å². The van der Waals surface area contributed by atoms with Crippen LogP contribution in [0.2, 0.25) is 0 Å². The van der Waals surface area contributed by atoms with Gasteiger partial charge >= 0.3 is 0 Å². The molecule has 0 aromatic heterocycles. The minimum Gasteiger partial charge on any atom is -0.507 e. The van der Waals surface area contributed by atoms with E-state index in [0.717, 1.165) is 34.6 Å². The lowest BCUT2D eigenvalue weighted by molar-refractivity contribution is -0.00618. The van der Waals surface area contributed by atoms with Gasteiger partial charge in [0.1, 0.15) is 17.2 Å². The highest BCUT2D eigenvalue weighted by Gasteiger charge is 2.52. The van der Waals surface area contributed by atoms with Crippen molar-refractivity contribution in [1.82, 2.24) is 0 Å². The topological polar surface area (TPSA) is 55.8 Å². The van der Waals surface area contributed by atoms with Gasteiger partial charge in [-0.15, -0.1) is 0 Å². The Bertz CT molecular complexity index is 1050. The van der Waals surface area contributed by atoms with Crippen molar-refractivity contribution in [3.63, 3.8) is 0 Å². The number of hydrogen-bond donors (Lipinski definition) is 1. The maximum absolute atomic E-state index is 12.8. The lowest BCUT2D eigenvalue weighted by Gasteiger charge is -2.57. The average Bonchev–Trinajstić information content (AvgIpc) is 2.77. The van der Waals surface area contributed by atoms with E-state index in [0.29, 0.717) is 11.3 Å². The molecule has 4 aliphatic rings. The maximum atomic E-state index is 12.8. The number of aromatic hydroxyl groups is 1. The summed E-state index contributed by atoms with van der Waals surface area (Å²) in [6, 6.07) is 9.23. The van der Waals surface area contributed by atoms with Crippen LogP contribution in [0.25, 0.3) is 6.08 Å². The number of methoxy groups -OCH3 is 2. The monoisotopic (exact) mass is 432 g/mol. The zero-order chi connectivity index (χ0) is 22.5. The average molecular weight is 433 g/mol. The summed E-state index contributed by atoms with van der Waals surface area (Å²) in [5, 5.41) is 10.1. The van der Waals surface area contributed by atoms with Crippen molar-refractivity contribution in [3.8, 4) is 17.2 Å². The van der Waals surface area contributed by atoms with Crippen LogP contribution in [-0.4, -0.2) is 25.1 Å². The Kier molecular flexibility index (Phi) is 5.27. The predicted molar refractivity (Wildman–Crippen MR) is 126 cm³/mol. The Morgan fingerprint density at radius 3 is 2.19 bits per heavy atom. The fourth-order valence-corrected chi connectivity index (χ4v) is 7.01. The molecular formula is C28H32O4. The molecular weight excluding hydrogens is 400 g/mol. The summed E-state index contributed by atoms with van der Waals surface area (Å²) >= 11 is 0. The normalized spacial score (nSPS) is 28.3. The number of benzene rings is 2. The molecule has 0 radical (unpaired) electrons. The van der Waals surface area contributed by atoms with Gasteiger partial charge in [0.2, 0.25) is 0 Å². The van der Waals surface area contributed by atoms with Crippen LogP contribution in [0.1, 0.15) is 65.6 Å². The highest BCUT2D eigenvalue weighted by Crippen LogP contribution is 2.62. The summed E-state index contributed by atoms with van der Waals surface area (Å²) in [6.45, 7) is 1.91. The summed E-state index contributed by atoms with van der Waals surface area (Å²) in [7, 11) is 3.38. The minimum atomic E-state index is -0.222. The lowest BCUT2D eigenvalue weighted by Crippen LogP contribution is -2.48. The van der Waals surface area contributed by atoms with Gasteiger partial charge in [0.15, 0.2) is 5.78 Å². The Morgan fingerprint density at radius 2 is 1.59 bits per heavy atom. The molecule has 0 unspecified atom stereocenters. The number of phenols is 1. The van der Waals surface area contributed by atoms with Crippen molar-refractivity contribution in [1.29, 1.82) is 0 Å². The highest BCUT2D eigenvalue weighted by molar-refractivity contribution is 6.08. The molecule has 32 heavy (non-hydrogen) atoms. The van der Waals surface area contributed by atoms with Gasteiger partial charge in [0, 0.05) is 17.2 Å². The van der Waals surface area contributed by atoms with Gasteiger partial charge in [0.25, 0.3) is 0 Å². The third-order valence-electron chi connectivity index (χ3n) is 7.99. The number of phenolic OH excluding ortho intramolecular Hbond substituents is 1. The minimum absolute atomic E-state index is 0.00111. The van der Waals surface area contributed by atoms with Crippen LogP contribution >= 0.6 is 0 Å². The van der Waals surface area contributed by atoms with Gasteiger partial charge in [0.05, 0.1) is 19.8 Å². The third-order valence-corrected chi connectivity index (χ3v) is 7.99. The lowest BCUT2D eigenvalue weighted by atomic mass is 9.48. The van der Waals surface area contributed by atoms with Crippen LogP contribution in [0.3, 0.4) is 0 Å². The van der Waals surface area contributed by atoms with Crippen LogP contribution in [-0.2, 0) is 5.41 Å². The van der Waals surface area contributed by atoms with Gasteiger partial charge in [-0.3, -0.25) is 4.79 Å². The first kappa shape index (κ1) is 21.1.